The molecule has 0 amide bonds. The number of benzene rings is 1. The molecule has 100 valence electrons. The molecule has 1 heterocycles. The van der Waals surface area contributed by atoms with Crippen molar-refractivity contribution in [1.29, 1.82) is 0 Å². The maximum atomic E-state index is 13.8. The van der Waals surface area contributed by atoms with Crippen molar-refractivity contribution in [2.45, 2.75) is 31.7 Å². The summed E-state index contributed by atoms with van der Waals surface area (Å²) in [6, 6.07) is 1.85. The standard InChI is InChI=1S/C13H17ClFNO2/c1-18-13-10(14)7-8(12(17)11(13)15)6-9-4-2-3-5-16-9/h7,9,16-17H,2-6H2,1H3. The third-order valence-electron chi connectivity index (χ3n) is 3.31. The number of piperidine rings is 1. The predicted molar refractivity (Wildman–Crippen MR) is 69.0 cm³/mol. The van der Waals surface area contributed by atoms with E-state index in [1.807, 2.05) is 0 Å². The summed E-state index contributed by atoms with van der Waals surface area (Å²) in [4.78, 5) is 0. The molecular weight excluding hydrogens is 257 g/mol. The van der Waals surface area contributed by atoms with E-state index in [4.69, 9.17) is 16.3 Å². The van der Waals surface area contributed by atoms with Crippen molar-refractivity contribution in [3.63, 3.8) is 0 Å². The Morgan fingerprint density at radius 3 is 2.94 bits per heavy atom. The van der Waals surface area contributed by atoms with Gasteiger partial charge in [-0.1, -0.05) is 18.0 Å². The first-order valence-electron chi connectivity index (χ1n) is 6.10. The molecule has 18 heavy (non-hydrogen) atoms. The molecule has 0 aliphatic carbocycles. The lowest BCUT2D eigenvalue weighted by Gasteiger charge is -2.24. The molecule has 5 heteroatoms. The van der Waals surface area contributed by atoms with Crippen LogP contribution in [0.3, 0.4) is 0 Å². The van der Waals surface area contributed by atoms with Crippen LogP contribution in [0.15, 0.2) is 6.07 Å². The number of ether oxygens (including phenoxy) is 1. The van der Waals surface area contributed by atoms with Gasteiger partial charge in [0.1, 0.15) is 0 Å². The van der Waals surface area contributed by atoms with Crippen molar-refractivity contribution in [1.82, 2.24) is 5.32 Å². The van der Waals surface area contributed by atoms with Crippen molar-refractivity contribution in [3.05, 3.63) is 22.5 Å². The zero-order valence-corrected chi connectivity index (χ0v) is 11.1. The number of hydrogen-bond donors (Lipinski definition) is 2. The maximum Gasteiger partial charge on any atom is 0.208 e. The lowest BCUT2D eigenvalue weighted by Crippen LogP contribution is -2.35. The first-order valence-corrected chi connectivity index (χ1v) is 6.48. The van der Waals surface area contributed by atoms with E-state index in [9.17, 15) is 9.50 Å². The smallest absolute Gasteiger partial charge is 0.208 e. The molecule has 0 radical (unpaired) electrons. The Balaban J connectivity index is 2.22. The Morgan fingerprint density at radius 2 is 2.33 bits per heavy atom. The van der Waals surface area contributed by atoms with Crippen LogP contribution in [0.4, 0.5) is 4.39 Å². The van der Waals surface area contributed by atoms with E-state index in [-0.39, 0.29) is 22.6 Å². The molecule has 0 bridgehead atoms. The van der Waals surface area contributed by atoms with Crippen molar-refractivity contribution in [2.24, 2.45) is 0 Å². The highest BCUT2D eigenvalue weighted by Gasteiger charge is 2.21. The first-order chi connectivity index (χ1) is 8.63. The van der Waals surface area contributed by atoms with E-state index >= 15 is 0 Å². The number of hydrogen-bond acceptors (Lipinski definition) is 3. The van der Waals surface area contributed by atoms with Crippen LogP contribution < -0.4 is 10.1 Å². The van der Waals surface area contributed by atoms with Crippen LogP contribution >= 0.6 is 11.6 Å². The molecule has 1 fully saturated rings. The fourth-order valence-corrected chi connectivity index (χ4v) is 2.64. The lowest BCUT2D eigenvalue weighted by atomic mass is 9.97. The summed E-state index contributed by atoms with van der Waals surface area (Å²) in [5.74, 6) is -1.24. The summed E-state index contributed by atoms with van der Waals surface area (Å²) in [6.45, 7) is 0.970. The molecule has 1 aliphatic rings. The summed E-state index contributed by atoms with van der Waals surface area (Å²) >= 11 is 5.93. The summed E-state index contributed by atoms with van der Waals surface area (Å²) < 4.78 is 18.6. The van der Waals surface area contributed by atoms with Gasteiger partial charge in [0, 0.05) is 11.6 Å². The zero-order chi connectivity index (χ0) is 13.1. The Hall–Kier alpha value is -1.00. The third-order valence-corrected chi connectivity index (χ3v) is 3.59. The molecule has 1 saturated heterocycles. The number of phenols is 1. The second-order valence-corrected chi connectivity index (χ2v) is 4.97. The van der Waals surface area contributed by atoms with Crippen LogP contribution in [0, 0.1) is 5.82 Å². The van der Waals surface area contributed by atoms with E-state index in [0.29, 0.717) is 12.0 Å². The van der Waals surface area contributed by atoms with Crippen LogP contribution in [0.5, 0.6) is 11.5 Å². The molecule has 0 spiro atoms. The van der Waals surface area contributed by atoms with Crippen molar-refractivity contribution in [3.8, 4) is 11.5 Å². The highest BCUT2D eigenvalue weighted by atomic mass is 35.5. The Bertz CT molecular complexity index is 433. The van der Waals surface area contributed by atoms with Gasteiger partial charge in [0.25, 0.3) is 0 Å². The van der Waals surface area contributed by atoms with Gasteiger partial charge in [-0.2, -0.15) is 4.39 Å². The fourth-order valence-electron chi connectivity index (χ4n) is 2.35. The van der Waals surface area contributed by atoms with E-state index in [1.165, 1.54) is 13.5 Å². The molecular formula is C13H17ClFNO2. The molecule has 2 rings (SSSR count). The number of rotatable bonds is 3. The second kappa shape index (κ2) is 5.76. The van der Waals surface area contributed by atoms with E-state index in [1.54, 1.807) is 6.07 Å². The normalized spacial score (nSPS) is 19.8. The summed E-state index contributed by atoms with van der Waals surface area (Å²) in [6.07, 6.45) is 3.93. The molecule has 1 aromatic carbocycles. The van der Waals surface area contributed by atoms with Gasteiger partial charge < -0.3 is 15.2 Å². The van der Waals surface area contributed by atoms with E-state index in [2.05, 4.69) is 5.32 Å². The maximum absolute atomic E-state index is 13.8. The van der Waals surface area contributed by atoms with Crippen molar-refractivity contribution >= 4 is 11.6 Å². The molecule has 1 atom stereocenters. The summed E-state index contributed by atoms with van der Waals surface area (Å²) in [5, 5.41) is 13.4. The SMILES string of the molecule is COc1c(Cl)cc(CC2CCCCN2)c(O)c1F. The predicted octanol–water partition coefficient (Wildman–Crippen LogP) is 2.88. The highest BCUT2D eigenvalue weighted by molar-refractivity contribution is 6.32. The van der Waals surface area contributed by atoms with Gasteiger partial charge in [0.2, 0.25) is 5.82 Å². The molecule has 0 saturated carbocycles. The molecule has 3 nitrogen and oxygen atoms in total. The third kappa shape index (κ3) is 2.70. The Kier molecular flexibility index (Phi) is 4.30. The molecule has 1 aliphatic heterocycles. The number of methoxy groups -OCH3 is 1. The topological polar surface area (TPSA) is 41.5 Å². The summed E-state index contributed by atoms with van der Waals surface area (Å²) in [5.41, 5.74) is 0.526. The first kappa shape index (κ1) is 13.4. The van der Waals surface area contributed by atoms with Crippen molar-refractivity contribution < 1.29 is 14.2 Å². The van der Waals surface area contributed by atoms with Gasteiger partial charge >= 0.3 is 0 Å². The molecule has 2 N–H and O–H groups in total. The van der Waals surface area contributed by atoms with Crippen LogP contribution in [0.1, 0.15) is 24.8 Å². The molecule has 0 aromatic heterocycles. The minimum Gasteiger partial charge on any atom is -0.505 e. The Labute approximate surface area is 111 Å². The van der Waals surface area contributed by atoms with Crippen molar-refractivity contribution in [2.75, 3.05) is 13.7 Å². The second-order valence-electron chi connectivity index (χ2n) is 4.56. The monoisotopic (exact) mass is 273 g/mol. The number of nitrogens with one attached hydrogen (secondary N) is 1. The number of phenolic OH excluding ortho intramolecular Hbond substituents is 1. The van der Waals surface area contributed by atoms with E-state index in [0.717, 1.165) is 19.4 Å². The largest absolute Gasteiger partial charge is 0.505 e. The van der Waals surface area contributed by atoms with Crippen LogP contribution in [0.25, 0.3) is 0 Å². The minimum absolute atomic E-state index is 0.102. The average Bonchev–Trinajstić information content (AvgIpc) is 2.37. The van der Waals surface area contributed by atoms with Crippen LogP contribution in [0.2, 0.25) is 5.02 Å². The quantitative estimate of drug-likeness (QED) is 0.890. The average molecular weight is 274 g/mol. The number of halogens is 2. The Morgan fingerprint density at radius 1 is 1.56 bits per heavy atom. The molecule has 1 unspecified atom stereocenters. The zero-order valence-electron chi connectivity index (χ0n) is 10.3. The van der Waals surface area contributed by atoms with E-state index < -0.39 is 5.82 Å². The minimum atomic E-state index is -0.782. The lowest BCUT2D eigenvalue weighted by molar-refractivity contribution is 0.356. The van der Waals surface area contributed by atoms with Gasteiger partial charge in [-0.05, 0) is 31.9 Å². The van der Waals surface area contributed by atoms with Crippen LogP contribution in [-0.4, -0.2) is 24.8 Å². The van der Waals surface area contributed by atoms with Gasteiger partial charge in [-0.25, -0.2) is 0 Å². The summed E-state index contributed by atoms with van der Waals surface area (Å²) in [7, 11) is 1.33. The van der Waals surface area contributed by atoms with Gasteiger partial charge in [-0.15, -0.1) is 0 Å². The number of aromatic hydroxyl groups is 1. The van der Waals surface area contributed by atoms with Gasteiger partial charge in [0.05, 0.1) is 12.1 Å². The fraction of sp³-hybridized carbons (Fsp3) is 0.538. The molecule has 1 aromatic rings. The van der Waals surface area contributed by atoms with Crippen LogP contribution in [-0.2, 0) is 6.42 Å². The van der Waals surface area contributed by atoms with Gasteiger partial charge in [0.15, 0.2) is 11.5 Å². The highest BCUT2D eigenvalue weighted by Crippen LogP contribution is 2.37. The van der Waals surface area contributed by atoms with Gasteiger partial charge in [-0.3, -0.25) is 0 Å².